The summed E-state index contributed by atoms with van der Waals surface area (Å²) in [6, 6.07) is 10.7. The molecule has 1 aromatic carbocycles. The second-order valence-electron chi connectivity index (χ2n) is 4.62. The Balaban J connectivity index is 2.59. The molecular formula is C17H18N2O4. The summed E-state index contributed by atoms with van der Waals surface area (Å²) in [5.41, 5.74) is 7.16. The molecular weight excluding hydrogens is 296 g/mol. The SMILES string of the molecule is CCOC(=O)c1cc(-c2ccccc2)nc(N)c1C(=O)OCC. The molecule has 0 spiro atoms. The van der Waals surface area contributed by atoms with Gasteiger partial charge in [-0.2, -0.15) is 0 Å². The predicted octanol–water partition coefficient (Wildman–Crippen LogP) is 2.68. The van der Waals surface area contributed by atoms with E-state index < -0.39 is 11.9 Å². The molecule has 2 rings (SSSR count). The van der Waals surface area contributed by atoms with E-state index in [0.717, 1.165) is 5.56 Å². The molecule has 2 N–H and O–H groups in total. The van der Waals surface area contributed by atoms with Crippen LogP contribution in [0.1, 0.15) is 34.6 Å². The quantitative estimate of drug-likeness (QED) is 0.853. The summed E-state index contributed by atoms with van der Waals surface area (Å²) in [6.45, 7) is 3.71. The standard InChI is InChI=1S/C17H18N2O4/c1-3-22-16(20)12-10-13(11-8-6-5-7-9-11)19-15(18)14(12)17(21)23-4-2/h5-10H,3-4H2,1-2H3,(H2,18,19). The fourth-order valence-electron chi connectivity index (χ4n) is 2.11. The number of anilines is 1. The molecule has 0 aliphatic carbocycles. The molecule has 6 nitrogen and oxygen atoms in total. The van der Waals surface area contributed by atoms with Crippen LogP contribution in [0.25, 0.3) is 11.3 Å². The Morgan fingerprint density at radius 2 is 1.65 bits per heavy atom. The van der Waals surface area contributed by atoms with Crippen LogP contribution in [0.2, 0.25) is 0 Å². The van der Waals surface area contributed by atoms with Crippen LogP contribution in [0.4, 0.5) is 5.82 Å². The van der Waals surface area contributed by atoms with Crippen molar-refractivity contribution in [3.63, 3.8) is 0 Å². The maximum atomic E-state index is 12.2. The van der Waals surface area contributed by atoms with Gasteiger partial charge in [-0.1, -0.05) is 30.3 Å². The lowest BCUT2D eigenvalue weighted by molar-refractivity contribution is 0.0479. The number of hydrogen-bond donors (Lipinski definition) is 1. The highest BCUT2D eigenvalue weighted by molar-refractivity contribution is 6.06. The van der Waals surface area contributed by atoms with Gasteiger partial charge in [-0.25, -0.2) is 14.6 Å². The number of nitrogen functional groups attached to an aromatic ring is 1. The largest absolute Gasteiger partial charge is 0.462 e. The minimum absolute atomic E-state index is 0.0525. The number of carbonyl (C=O) groups excluding carboxylic acids is 2. The van der Waals surface area contributed by atoms with Crippen LogP contribution in [0.3, 0.4) is 0 Å². The van der Waals surface area contributed by atoms with Gasteiger partial charge in [0.1, 0.15) is 11.4 Å². The van der Waals surface area contributed by atoms with Gasteiger partial charge in [-0.05, 0) is 19.9 Å². The van der Waals surface area contributed by atoms with Crippen LogP contribution >= 0.6 is 0 Å². The lowest BCUT2D eigenvalue weighted by Crippen LogP contribution is -2.17. The minimum atomic E-state index is -0.694. The Kier molecular flexibility index (Phi) is 5.30. The van der Waals surface area contributed by atoms with Crippen molar-refractivity contribution < 1.29 is 19.1 Å². The van der Waals surface area contributed by atoms with E-state index in [1.807, 2.05) is 30.3 Å². The van der Waals surface area contributed by atoms with Crippen molar-refractivity contribution in [2.24, 2.45) is 0 Å². The number of benzene rings is 1. The van der Waals surface area contributed by atoms with Gasteiger partial charge in [0.15, 0.2) is 0 Å². The molecule has 0 saturated carbocycles. The molecule has 0 bridgehead atoms. The second kappa shape index (κ2) is 7.40. The van der Waals surface area contributed by atoms with Crippen LogP contribution < -0.4 is 5.73 Å². The van der Waals surface area contributed by atoms with Crippen molar-refractivity contribution >= 4 is 17.8 Å². The first-order valence-electron chi connectivity index (χ1n) is 7.28. The van der Waals surface area contributed by atoms with Crippen LogP contribution in [0.15, 0.2) is 36.4 Å². The maximum Gasteiger partial charge on any atom is 0.342 e. The van der Waals surface area contributed by atoms with E-state index in [-0.39, 0.29) is 30.2 Å². The fraction of sp³-hybridized carbons (Fsp3) is 0.235. The van der Waals surface area contributed by atoms with E-state index in [0.29, 0.717) is 5.69 Å². The first-order chi connectivity index (χ1) is 11.1. The average molecular weight is 314 g/mol. The first-order valence-corrected chi connectivity index (χ1v) is 7.28. The second-order valence-corrected chi connectivity index (χ2v) is 4.62. The number of aromatic nitrogens is 1. The van der Waals surface area contributed by atoms with Crippen molar-refractivity contribution in [3.8, 4) is 11.3 Å². The number of nitrogens with zero attached hydrogens (tertiary/aromatic N) is 1. The number of esters is 2. The topological polar surface area (TPSA) is 91.5 Å². The fourth-order valence-corrected chi connectivity index (χ4v) is 2.11. The van der Waals surface area contributed by atoms with Gasteiger partial charge in [0.05, 0.1) is 24.5 Å². The Hall–Kier alpha value is -2.89. The normalized spacial score (nSPS) is 10.2. The van der Waals surface area contributed by atoms with Gasteiger partial charge in [0.25, 0.3) is 0 Å². The first kappa shape index (κ1) is 16.5. The molecule has 1 heterocycles. The van der Waals surface area contributed by atoms with E-state index in [1.165, 1.54) is 6.07 Å². The Labute approximate surface area is 134 Å². The third-order valence-corrected chi connectivity index (χ3v) is 3.09. The molecule has 6 heteroatoms. The van der Waals surface area contributed by atoms with E-state index >= 15 is 0 Å². The minimum Gasteiger partial charge on any atom is -0.462 e. The zero-order valence-electron chi connectivity index (χ0n) is 13.0. The van der Waals surface area contributed by atoms with Crippen molar-refractivity contribution in [1.29, 1.82) is 0 Å². The number of pyridine rings is 1. The number of carbonyl (C=O) groups is 2. The highest BCUT2D eigenvalue weighted by atomic mass is 16.5. The molecule has 0 atom stereocenters. The molecule has 0 aliphatic rings. The zero-order chi connectivity index (χ0) is 16.8. The number of hydrogen-bond acceptors (Lipinski definition) is 6. The van der Waals surface area contributed by atoms with Crippen molar-refractivity contribution in [2.45, 2.75) is 13.8 Å². The van der Waals surface area contributed by atoms with Crippen LogP contribution in [0.5, 0.6) is 0 Å². The molecule has 0 fully saturated rings. The summed E-state index contributed by atoms with van der Waals surface area (Å²) in [5, 5.41) is 0. The summed E-state index contributed by atoms with van der Waals surface area (Å²) in [5.74, 6) is -1.39. The lowest BCUT2D eigenvalue weighted by Gasteiger charge is -2.12. The number of ether oxygens (including phenoxy) is 2. The van der Waals surface area contributed by atoms with E-state index in [1.54, 1.807) is 13.8 Å². The summed E-state index contributed by atoms with van der Waals surface area (Å²) in [6.07, 6.45) is 0. The third kappa shape index (κ3) is 3.66. The van der Waals surface area contributed by atoms with Gasteiger partial charge >= 0.3 is 11.9 Å². The van der Waals surface area contributed by atoms with E-state index in [9.17, 15) is 9.59 Å². The van der Waals surface area contributed by atoms with Gasteiger partial charge in [0.2, 0.25) is 0 Å². The molecule has 0 unspecified atom stereocenters. The Morgan fingerprint density at radius 3 is 2.26 bits per heavy atom. The number of rotatable bonds is 5. The van der Waals surface area contributed by atoms with Gasteiger partial charge < -0.3 is 15.2 Å². The van der Waals surface area contributed by atoms with Crippen molar-refractivity contribution in [3.05, 3.63) is 47.5 Å². The molecule has 0 radical (unpaired) electrons. The molecule has 0 amide bonds. The van der Waals surface area contributed by atoms with E-state index in [4.69, 9.17) is 15.2 Å². The third-order valence-electron chi connectivity index (χ3n) is 3.09. The molecule has 0 aliphatic heterocycles. The Morgan fingerprint density at radius 1 is 1.04 bits per heavy atom. The van der Waals surface area contributed by atoms with Gasteiger partial charge in [0, 0.05) is 5.56 Å². The summed E-state index contributed by atoms with van der Waals surface area (Å²) >= 11 is 0. The highest BCUT2D eigenvalue weighted by Gasteiger charge is 2.24. The molecule has 23 heavy (non-hydrogen) atoms. The predicted molar refractivity (Wildman–Crippen MR) is 86.0 cm³/mol. The maximum absolute atomic E-state index is 12.2. The van der Waals surface area contributed by atoms with Crippen molar-refractivity contribution in [1.82, 2.24) is 4.98 Å². The zero-order valence-corrected chi connectivity index (χ0v) is 13.0. The van der Waals surface area contributed by atoms with E-state index in [2.05, 4.69) is 4.98 Å². The van der Waals surface area contributed by atoms with Crippen LogP contribution in [-0.4, -0.2) is 30.1 Å². The molecule has 120 valence electrons. The summed E-state index contributed by atoms with van der Waals surface area (Å²) < 4.78 is 9.97. The van der Waals surface area contributed by atoms with Gasteiger partial charge in [-0.15, -0.1) is 0 Å². The van der Waals surface area contributed by atoms with Crippen LogP contribution in [-0.2, 0) is 9.47 Å². The molecule has 1 aromatic heterocycles. The average Bonchev–Trinajstić information content (AvgIpc) is 2.55. The highest BCUT2D eigenvalue weighted by Crippen LogP contribution is 2.25. The van der Waals surface area contributed by atoms with Crippen LogP contribution in [0, 0.1) is 0 Å². The molecule has 0 saturated heterocycles. The summed E-state index contributed by atoms with van der Waals surface area (Å²) in [7, 11) is 0. The monoisotopic (exact) mass is 314 g/mol. The lowest BCUT2D eigenvalue weighted by atomic mass is 10.0. The van der Waals surface area contributed by atoms with Gasteiger partial charge in [-0.3, -0.25) is 0 Å². The summed E-state index contributed by atoms with van der Waals surface area (Å²) in [4.78, 5) is 28.5. The molecule has 2 aromatic rings. The smallest absolute Gasteiger partial charge is 0.342 e. The Bertz CT molecular complexity index is 714. The number of nitrogens with two attached hydrogens (primary N) is 1. The van der Waals surface area contributed by atoms with Crippen molar-refractivity contribution in [2.75, 3.05) is 18.9 Å².